The molecule has 0 fully saturated rings. The Morgan fingerprint density at radius 2 is 1.95 bits per heavy atom. The normalized spacial score (nSPS) is 14.0. The number of anilines is 2. The number of nitrogens with one attached hydrogen (secondary N) is 2. The molecule has 1 aromatic heterocycles. The Morgan fingerprint density at radius 1 is 1.00 bits per heavy atom. The molecule has 4 rings (SSSR count). The van der Waals surface area contributed by atoms with Crippen LogP contribution in [0.3, 0.4) is 0 Å². The predicted octanol–water partition coefficient (Wildman–Crippen LogP) is 3.00. The Balaban J connectivity index is 1.74. The van der Waals surface area contributed by atoms with Crippen LogP contribution in [-0.4, -0.2) is 11.3 Å². The second kappa shape index (κ2) is 4.52. The number of aromatic nitrogens is 1. The Kier molecular flexibility index (Phi) is 2.53. The second-order valence-corrected chi connectivity index (χ2v) is 4.73. The molecular weight excluding hydrogens is 269 g/mol. The van der Waals surface area contributed by atoms with E-state index in [-0.39, 0.29) is 5.82 Å². The van der Waals surface area contributed by atoms with Crippen molar-refractivity contribution in [2.24, 2.45) is 5.10 Å². The number of benzene rings is 2. The number of rotatable bonds is 2. The number of hydrazine groups is 2. The highest BCUT2D eigenvalue weighted by molar-refractivity contribution is 5.90. The van der Waals surface area contributed by atoms with Crippen molar-refractivity contribution >= 4 is 28.6 Å². The van der Waals surface area contributed by atoms with Crippen molar-refractivity contribution < 1.29 is 4.39 Å². The van der Waals surface area contributed by atoms with Crippen molar-refractivity contribution in [1.29, 1.82) is 0 Å². The number of nitrogens with zero attached hydrogens (tertiary/aromatic N) is 3. The molecule has 0 saturated heterocycles. The van der Waals surface area contributed by atoms with Gasteiger partial charge in [0.25, 0.3) is 0 Å². The first-order valence-corrected chi connectivity index (χ1v) is 6.52. The lowest BCUT2D eigenvalue weighted by Crippen LogP contribution is -2.43. The molecule has 6 heteroatoms. The molecule has 104 valence electrons. The molecule has 1 aliphatic rings. The van der Waals surface area contributed by atoms with Gasteiger partial charge in [-0.3, -0.25) is 0 Å². The van der Waals surface area contributed by atoms with Crippen molar-refractivity contribution in [3.8, 4) is 0 Å². The van der Waals surface area contributed by atoms with E-state index in [9.17, 15) is 4.39 Å². The second-order valence-electron chi connectivity index (χ2n) is 4.73. The highest BCUT2D eigenvalue weighted by Gasteiger charge is 2.20. The standard InChI is InChI=1S/C15H12FN5/c16-12-2-1-3-14(8-12)21-19-18-10-20(21)13-5-4-11-6-7-17-15(11)9-13/h1-10,17,19H. The van der Waals surface area contributed by atoms with Gasteiger partial charge in [0, 0.05) is 17.8 Å². The Bertz CT molecular complexity index is 826. The number of fused-ring (bicyclic) bond motifs is 1. The van der Waals surface area contributed by atoms with Gasteiger partial charge in [0.1, 0.15) is 12.2 Å². The molecule has 0 spiro atoms. The van der Waals surface area contributed by atoms with Crippen LogP contribution in [0.1, 0.15) is 0 Å². The number of hydrogen-bond donors (Lipinski definition) is 2. The summed E-state index contributed by atoms with van der Waals surface area (Å²) in [6, 6.07) is 14.4. The van der Waals surface area contributed by atoms with E-state index in [1.54, 1.807) is 17.5 Å². The molecule has 0 atom stereocenters. The van der Waals surface area contributed by atoms with Gasteiger partial charge in [-0.1, -0.05) is 12.1 Å². The average molecular weight is 281 g/mol. The molecule has 0 unspecified atom stereocenters. The van der Waals surface area contributed by atoms with Gasteiger partial charge in [-0.25, -0.2) is 9.40 Å². The van der Waals surface area contributed by atoms with Gasteiger partial charge in [-0.2, -0.15) is 10.7 Å². The van der Waals surface area contributed by atoms with Crippen molar-refractivity contribution in [3.63, 3.8) is 0 Å². The highest BCUT2D eigenvalue weighted by atomic mass is 19.1. The van der Waals surface area contributed by atoms with Gasteiger partial charge >= 0.3 is 0 Å². The van der Waals surface area contributed by atoms with E-state index in [2.05, 4.69) is 15.6 Å². The molecule has 2 N–H and O–H groups in total. The summed E-state index contributed by atoms with van der Waals surface area (Å²) in [6.07, 6.45) is 3.55. The number of hydrogen-bond acceptors (Lipinski definition) is 4. The topological polar surface area (TPSA) is 46.7 Å². The van der Waals surface area contributed by atoms with Gasteiger partial charge in [0.05, 0.1) is 11.4 Å². The maximum Gasteiger partial charge on any atom is 0.139 e. The monoisotopic (exact) mass is 281 g/mol. The fourth-order valence-corrected chi connectivity index (χ4v) is 2.39. The zero-order valence-electron chi connectivity index (χ0n) is 11.0. The first kappa shape index (κ1) is 11.8. The van der Waals surface area contributed by atoms with E-state index in [0.29, 0.717) is 5.69 Å². The molecule has 0 aliphatic carbocycles. The predicted molar refractivity (Wildman–Crippen MR) is 81.3 cm³/mol. The largest absolute Gasteiger partial charge is 0.361 e. The smallest absolute Gasteiger partial charge is 0.139 e. The molecular formula is C15H12FN5. The van der Waals surface area contributed by atoms with E-state index in [1.165, 1.54) is 12.1 Å². The van der Waals surface area contributed by atoms with Crippen LogP contribution in [0.15, 0.2) is 59.8 Å². The molecule has 2 aromatic carbocycles. The van der Waals surface area contributed by atoms with Crippen LogP contribution in [0.4, 0.5) is 15.8 Å². The molecule has 3 aromatic rings. The van der Waals surface area contributed by atoms with Crippen molar-refractivity contribution in [2.45, 2.75) is 0 Å². The SMILES string of the molecule is Fc1cccc(N2NN=CN2c2ccc3cc[nH]c3c2)c1. The molecule has 0 saturated carbocycles. The Morgan fingerprint density at radius 3 is 2.86 bits per heavy atom. The van der Waals surface area contributed by atoms with E-state index in [0.717, 1.165) is 16.6 Å². The Hall–Kier alpha value is -3.02. The molecule has 0 amide bonds. The third-order valence-electron chi connectivity index (χ3n) is 3.39. The molecule has 1 aliphatic heterocycles. The minimum atomic E-state index is -0.291. The van der Waals surface area contributed by atoms with Crippen LogP contribution in [-0.2, 0) is 0 Å². The van der Waals surface area contributed by atoms with Gasteiger partial charge in [0.2, 0.25) is 0 Å². The molecule has 21 heavy (non-hydrogen) atoms. The summed E-state index contributed by atoms with van der Waals surface area (Å²) in [5, 5.41) is 8.67. The van der Waals surface area contributed by atoms with Crippen LogP contribution >= 0.6 is 0 Å². The zero-order valence-corrected chi connectivity index (χ0v) is 11.0. The third-order valence-corrected chi connectivity index (χ3v) is 3.39. The van der Waals surface area contributed by atoms with Gasteiger partial charge in [-0.15, -0.1) is 5.10 Å². The fourth-order valence-electron chi connectivity index (χ4n) is 2.39. The van der Waals surface area contributed by atoms with Crippen molar-refractivity contribution in [3.05, 3.63) is 60.5 Å². The van der Waals surface area contributed by atoms with Gasteiger partial charge < -0.3 is 4.98 Å². The zero-order chi connectivity index (χ0) is 14.2. The minimum absolute atomic E-state index is 0.291. The van der Waals surface area contributed by atoms with E-state index in [4.69, 9.17) is 0 Å². The highest BCUT2D eigenvalue weighted by Crippen LogP contribution is 2.25. The molecule has 0 bridgehead atoms. The van der Waals surface area contributed by atoms with Crippen LogP contribution in [0.2, 0.25) is 0 Å². The Labute approximate surface area is 120 Å². The maximum absolute atomic E-state index is 13.4. The summed E-state index contributed by atoms with van der Waals surface area (Å²) >= 11 is 0. The first-order chi connectivity index (χ1) is 10.3. The molecule has 0 radical (unpaired) electrons. The van der Waals surface area contributed by atoms with Crippen LogP contribution in [0.5, 0.6) is 0 Å². The summed E-state index contributed by atoms with van der Waals surface area (Å²) in [4.78, 5) is 3.18. The number of aromatic amines is 1. The number of hydrazone groups is 1. The summed E-state index contributed by atoms with van der Waals surface area (Å²) in [6.45, 7) is 0. The van der Waals surface area contributed by atoms with Crippen molar-refractivity contribution in [2.75, 3.05) is 10.1 Å². The maximum atomic E-state index is 13.4. The summed E-state index contributed by atoms with van der Waals surface area (Å²) in [5.74, 6) is -0.291. The lowest BCUT2D eigenvalue weighted by atomic mass is 10.2. The fraction of sp³-hybridized carbons (Fsp3) is 0. The van der Waals surface area contributed by atoms with E-state index in [1.807, 2.05) is 41.5 Å². The van der Waals surface area contributed by atoms with Crippen LogP contribution < -0.4 is 15.7 Å². The average Bonchev–Trinajstić information content (AvgIpc) is 3.15. The van der Waals surface area contributed by atoms with Crippen LogP contribution in [0, 0.1) is 5.82 Å². The third kappa shape index (κ3) is 1.97. The van der Waals surface area contributed by atoms with Gasteiger partial charge in [0.15, 0.2) is 0 Å². The van der Waals surface area contributed by atoms with E-state index < -0.39 is 0 Å². The summed E-state index contributed by atoms with van der Waals surface area (Å²) in [5.41, 5.74) is 5.46. The minimum Gasteiger partial charge on any atom is -0.361 e. The number of halogens is 1. The lowest BCUT2D eigenvalue weighted by Gasteiger charge is -2.28. The van der Waals surface area contributed by atoms with E-state index >= 15 is 0 Å². The number of H-pyrrole nitrogens is 1. The summed E-state index contributed by atoms with van der Waals surface area (Å²) in [7, 11) is 0. The first-order valence-electron chi connectivity index (χ1n) is 6.52. The van der Waals surface area contributed by atoms with Crippen LogP contribution in [0.25, 0.3) is 10.9 Å². The molecule has 2 heterocycles. The van der Waals surface area contributed by atoms with Gasteiger partial charge in [-0.05, 0) is 35.7 Å². The van der Waals surface area contributed by atoms with Crippen molar-refractivity contribution in [1.82, 2.24) is 10.5 Å². The lowest BCUT2D eigenvalue weighted by molar-refractivity contribution is 0.624. The molecule has 5 nitrogen and oxygen atoms in total. The summed E-state index contributed by atoms with van der Waals surface area (Å²) < 4.78 is 13.4. The quantitative estimate of drug-likeness (QED) is 0.759.